The first kappa shape index (κ1) is 15.1. The summed E-state index contributed by atoms with van der Waals surface area (Å²) in [6, 6.07) is 10.8. The van der Waals surface area contributed by atoms with E-state index in [1.165, 1.54) is 12.1 Å². The van der Waals surface area contributed by atoms with Crippen LogP contribution >= 0.6 is 23.2 Å². The molecule has 0 aliphatic rings. The van der Waals surface area contributed by atoms with Gasteiger partial charge in [0.05, 0.1) is 16.6 Å². The van der Waals surface area contributed by atoms with E-state index in [1.807, 2.05) is 6.07 Å². The maximum atomic E-state index is 11.0. The van der Waals surface area contributed by atoms with Crippen LogP contribution in [0.5, 0.6) is 5.75 Å². The van der Waals surface area contributed by atoms with Crippen LogP contribution in [0.2, 0.25) is 10.0 Å². The molecule has 2 rings (SSSR count). The van der Waals surface area contributed by atoms with Crippen LogP contribution in [0.15, 0.2) is 36.4 Å². The number of nitro benzene ring substituents is 1. The molecule has 7 heteroatoms. The Morgan fingerprint density at radius 1 is 1.24 bits per heavy atom. The molecule has 0 spiro atoms. The van der Waals surface area contributed by atoms with Gasteiger partial charge in [-0.25, -0.2) is 0 Å². The van der Waals surface area contributed by atoms with Gasteiger partial charge in [0.25, 0.3) is 0 Å². The molecular weight excluding hydrogens is 315 g/mol. The smallest absolute Gasteiger partial charge is 0.312 e. The minimum Gasteiger partial charge on any atom is -0.482 e. The summed E-state index contributed by atoms with van der Waals surface area (Å²) >= 11 is 12.0. The fourth-order valence-electron chi connectivity index (χ4n) is 1.67. The van der Waals surface area contributed by atoms with Crippen LogP contribution in [0, 0.1) is 21.4 Å². The Bertz CT molecular complexity index is 721. The van der Waals surface area contributed by atoms with Gasteiger partial charge in [-0.1, -0.05) is 29.3 Å². The number of nitrogens with zero attached hydrogens (tertiary/aromatic N) is 2. The van der Waals surface area contributed by atoms with Crippen molar-refractivity contribution in [2.24, 2.45) is 0 Å². The lowest BCUT2D eigenvalue weighted by Gasteiger charge is -2.09. The van der Waals surface area contributed by atoms with Crippen LogP contribution in [0.25, 0.3) is 0 Å². The quantitative estimate of drug-likeness (QED) is 0.619. The van der Waals surface area contributed by atoms with E-state index in [9.17, 15) is 10.1 Å². The molecule has 0 saturated carbocycles. The van der Waals surface area contributed by atoms with Gasteiger partial charge >= 0.3 is 5.69 Å². The van der Waals surface area contributed by atoms with Crippen molar-refractivity contribution in [3.63, 3.8) is 0 Å². The van der Waals surface area contributed by atoms with Crippen LogP contribution in [0.1, 0.15) is 11.1 Å². The van der Waals surface area contributed by atoms with Gasteiger partial charge in [-0.2, -0.15) is 5.26 Å². The number of benzene rings is 2. The van der Waals surface area contributed by atoms with Crippen molar-refractivity contribution in [2.45, 2.75) is 6.61 Å². The van der Waals surface area contributed by atoms with Gasteiger partial charge in [0.2, 0.25) is 0 Å². The summed E-state index contributed by atoms with van der Waals surface area (Å²) in [6.07, 6.45) is 0. The van der Waals surface area contributed by atoms with Crippen molar-refractivity contribution < 1.29 is 9.66 Å². The second-order valence-electron chi connectivity index (χ2n) is 4.04. The minimum absolute atomic E-state index is 0.00868. The number of ether oxygens (including phenoxy) is 1. The molecule has 106 valence electrons. The summed E-state index contributed by atoms with van der Waals surface area (Å²) in [4.78, 5) is 10.4. The molecule has 0 aliphatic heterocycles. The van der Waals surface area contributed by atoms with Crippen LogP contribution in [-0.2, 0) is 6.61 Å². The normalized spacial score (nSPS) is 9.95. The summed E-state index contributed by atoms with van der Waals surface area (Å²) in [5.41, 5.74) is 0.446. The molecule has 0 saturated heterocycles. The third kappa shape index (κ3) is 3.43. The Morgan fingerprint density at radius 2 is 1.90 bits per heavy atom. The fourth-order valence-corrected chi connectivity index (χ4v) is 2.18. The molecular formula is C14H8Cl2N2O3. The third-order valence-electron chi connectivity index (χ3n) is 2.72. The van der Waals surface area contributed by atoms with E-state index >= 15 is 0 Å². The van der Waals surface area contributed by atoms with Gasteiger partial charge in [-0.3, -0.25) is 10.1 Å². The molecule has 5 nitrogen and oxygen atoms in total. The molecule has 0 N–H and O–H groups in total. The topological polar surface area (TPSA) is 76.2 Å². The lowest BCUT2D eigenvalue weighted by atomic mass is 10.2. The molecule has 0 aliphatic carbocycles. The van der Waals surface area contributed by atoms with Crippen molar-refractivity contribution in [1.82, 2.24) is 0 Å². The first-order valence-electron chi connectivity index (χ1n) is 5.77. The second-order valence-corrected chi connectivity index (χ2v) is 4.85. The summed E-state index contributed by atoms with van der Waals surface area (Å²) in [5.74, 6) is 0.0509. The molecule has 0 radical (unpaired) electrons. The molecule has 2 aromatic rings. The largest absolute Gasteiger partial charge is 0.482 e. The van der Waals surface area contributed by atoms with E-state index in [1.54, 1.807) is 18.2 Å². The Kier molecular flexibility index (Phi) is 4.63. The molecule has 0 atom stereocenters. The van der Waals surface area contributed by atoms with Gasteiger partial charge in [-0.05, 0) is 24.3 Å². The number of hydrogen-bond acceptors (Lipinski definition) is 4. The highest BCUT2D eigenvalue weighted by Crippen LogP contribution is 2.31. The number of rotatable bonds is 4. The van der Waals surface area contributed by atoms with Crippen LogP contribution in [0.3, 0.4) is 0 Å². The molecule has 0 heterocycles. The number of nitriles is 1. The van der Waals surface area contributed by atoms with Crippen LogP contribution in [0.4, 0.5) is 5.69 Å². The van der Waals surface area contributed by atoms with Gasteiger partial charge < -0.3 is 4.74 Å². The van der Waals surface area contributed by atoms with Crippen molar-refractivity contribution >= 4 is 28.9 Å². The fraction of sp³-hybridized carbons (Fsp3) is 0.0714. The summed E-state index contributed by atoms with van der Waals surface area (Å²) in [5, 5.41) is 20.6. The maximum Gasteiger partial charge on any atom is 0.312 e. The number of nitro groups is 1. The average molecular weight is 323 g/mol. The minimum atomic E-state index is -0.607. The molecule has 0 unspecified atom stereocenters. The zero-order valence-electron chi connectivity index (χ0n) is 10.5. The van der Waals surface area contributed by atoms with Gasteiger partial charge in [0.15, 0.2) is 5.75 Å². The molecule has 0 bridgehead atoms. The van der Waals surface area contributed by atoms with E-state index in [2.05, 4.69) is 0 Å². The van der Waals surface area contributed by atoms with E-state index in [0.29, 0.717) is 15.6 Å². The Hall–Kier alpha value is -2.29. The Labute approximate surface area is 130 Å². The number of halogens is 2. The predicted molar refractivity (Wildman–Crippen MR) is 78.6 cm³/mol. The molecule has 0 amide bonds. The summed E-state index contributed by atoms with van der Waals surface area (Å²) in [7, 11) is 0. The average Bonchev–Trinajstić information content (AvgIpc) is 2.46. The van der Waals surface area contributed by atoms with Crippen molar-refractivity contribution in [1.29, 1.82) is 5.26 Å². The lowest BCUT2D eigenvalue weighted by Crippen LogP contribution is -2.00. The molecule has 21 heavy (non-hydrogen) atoms. The van der Waals surface area contributed by atoms with Crippen molar-refractivity contribution in [3.8, 4) is 11.8 Å². The van der Waals surface area contributed by atoms with E-state index in [4.69, 9.17) is 33.2 Å². The molecule has 0 fully saturated rings. The van der Waals surface area contributed by atoms with E-state index in [0.717, 1.165) is 6.07 Å². The predicted octanol–water partition coefficient (Wildman–Crippen LogP) is 4.35. The van der Waals surface area contributed by atoms with Crippen LogP contribution in [-0.4, -0.2) is 4.92 Å². The van der Waals surface area contributed by atoms with Gasteiger partial charge in [0, 0.05) is 21.7 Å². The highest BCUT2D eigenvalue weighted by atomic mass is 35.5. The molecule has 0 aromatic heterocycles. The Morgan fingerprint density at radius 3 is 2.48 bits per heavy atom. The standard InChI is InChI=1S/C14H8Cl2N2O3/c15-11-2-1-3-12(16)10(11)8-21-14-5-4-9(7-17)6-13(14)18(19)20/h1-6H,8H2. The third-order valence-corrected chi connectivity index (χ3v) is 3.43. The van der Waals surface area contributed by atoms with Crippen molar-refractivity contribution in [3.05, 3.63) is 67.7 Å². The highest BCUT2D eigenvalue weighted by Gasteiger charge is 2.17. The first-order chi connectivity index (χ1) is 10.0. The monoisotopic (exact) mass is 322 g/mol. The lowest BCUT2D eigenvalue weighted by molar-refractivity contribution is -0.386. The van der Waals surface area contributed by atoms with E-state index < -0.39 is 4.92 Å². The first-order valence-corrected chi connectivity index (χ1v) is 6.52. The van der Waals surface area contributed by atoms with Gasteiger partial charge in [0.1, 0.15) is 6.61 Å². The molecule has 2 aromatic carbocycles. The maximum absolute atomic E-state index is 11.0. The highest BCUT2D eigenvalue weighted by molar-refractivity contribution is 6.35. The summed E-state index contributed by atoms with van der Waals surface area (Å²) < 4.78 is 5.43. The zero-order valence-corrected chi connectivity index (χ0v) is 12.1. The van der Waals surface area contributed by atoms with E-state index in [-0.39, 0.29) is 23.6 Å². The SMILES string of the molecule is N#Cc1ccc(OCc2c(Cl)cccc2Cl)c([N+](=O)[O-])c1. The number of hydrogen-bond donors (Lipinski definition) is 0. The summed E-state index contributed by atoms with van der Waals surface area (Å²) in [6.45, 7) is -0.00868. The Balaban J connectivity index is 2.28. The second kappa shape index (κ2) is 6.44. The zero-order chi connectivity index (χ0) is 15.4. The van der Waals surface area contributed by atoms with Gasteiger partial charge in [-0.15, -0.1) is 0 Å². The van der Waals surface area contributed by atoms with Crippen LogP contribution < -0.4 is 4.74 Å². The van der Waals surface area contributed by atoms with Crippen molar-refractivity contribution in [2.75, 3.05) is 0 Å².